The summed E-state index contributed by atoms with van der Waals surface area (Å²) in [7, 11) is 1.17. The Balaban J connectivity index is 2.19. The maximum atomic E-state index is 13.2. The van der Waals surface area contributed by atoms with Crippen LogP contribution in [0.1, 0.15) is 47.0 Å². The molecule has 0 aromatic carbocycles. The molecule has 2 fully saturated rings. The number of aliphatic hydroxyl groups is 1. The van der Waals surface area contributed by atoms with Gasteiger partial charge in [0, 0.05) is 5.57 Å². The van der Waals surface area contributed by atoms with E-state index >= 15 is 0 Å². The molecule has 3 aliphatic rings. The number of allylic oxidation sites excluding steroid dienone is 1. The molecule has 3 rings (SSSR count). The van der Waals surface area contributed by atoms with E-state index < -0.39 is 71.8 Å². The minimum atomic E-state index is -1.47. The molecular weight excluding hydrogens is 472 g/mol. The van der Waals surface area contributed by atoms with Gasteiger partial charge in [0.05, 0.1) is 30.6 Å². The number of hydrogen-bond acceptors (Lipinski definition) is 10. The zero-order valence-corrected chi connectivity index (χ0v) is 21.3. The highest BCUT2D eigenvalue weighted by Gasteiger charge is 2.60. The molecule has 0 bridgehead atoms. The monoisotopic (exact) mass is 506 g/mol. The van der Waals surface area contributed by atoms with Crippen molar-refractivity contribution in [1.82, 2.24) is 0 Å². The summed E-state index contributed by atoms with van der Waals surface area (Å²) in [6.45, 7) is 14.4. The molecule has 2 saturated heterocycles. The van der Waals surface area contributed by atoms with Crippen LogP contribution in [0.25, 0.3) is 0 Å². The third kappa shape index (κ3) is 5.10. The van der Waals surface area contributed by atoms with Crippen LogP contribution in [0.15, 0.2) is 36.0 Å². The average molecular weight is 507 g/mol. The molecule has 10 heteroatoms. The lowest BCUT2D eigenvalue weighted by atomic mass is 9.80. The van der Waals surface area contributed by atoms with E-state index in [2.05, 4.69) is 13.2 Å². The van der Waals surface area contributed by atoms with E-state index in [9.17, 15) is 24.3 Å². The van der Waals surface area contributed by atoms with Crippen molar-refractivity contribution < 1.29 is 48.0 Å². The number of carbonyl (C=O) groups excluding carboxylic acids is 4. The Morgan fingerprint density at radius 3 is 2.47 bits per heavy atom. The van der Waals surface area contributed by atoms with Gasteiger partial charge in [-0.05, 0) is 38.7 Å². The summed E-state index contributed by atoms with van der Waals surface area (Å²) >= 11 is 0. The van der Waals surface area contributed by atoms with Crippen LogP contribution < -0.4 is 0 Å². The number of rotatable bonds is 6. The van der Waals surface area contributed by atoms with Crippen LogP contribution in [-0.4, -0.2) is 72.2 Å². The Morgan fingerprint density at radius 2 is 1.92 bits per heavy atom. The Hall–Kier alpha value is -2.98. The van der Waals surface area contributed by atoms with E-state index in [1.165, 1.54) is 20.1 Å². The van der Waals surface area contributed by atoms with Crippen LogP contribution in [-0.2, 0) is 42.9 Å². The van der Waals surface area contributed by atoms with Gasteiger partial charge < -0.3 is 28.8 Å². The van der Waals surface area contributed by atoms with Crippen LogP contribution in [0.4, 0.5) is 0 Å². The number of hydrogen-bond donors (Lipinski definition) is 1. The fourth-order valence-electron chi connectivity index (χ4n) is 4.31. The van der Waals surface area contributed by atoms with E-state index in [1.54, 1.807) is 20.8 Å². The summed E-state index contributed by atoms with van der Waals surface area (Å²) < 4.78 is 27.4. The molecule has 0 aromatic heterocycles. The second-order valence-corrected chi connectivity index (χ2v) is 9.62. The van der Waals surface area contributed by atoms with Gasteiger partial charge in [-0.1, -0.05) is 33.1 Å². The number of methoxy groups -OCH3 is 1. The lowest BCUT2D eigenvalue weighted by molar-refractivity contribution is -0.178. The first-order valence-corrected chi connectivity index (χ1v) is 12.0. The predicted molar refractivity (Wildman–Crippen MR) is 125 cm³/mol. The molecule has 0 saturated carbocycles. The molecule has 0 aromatic rings. The van der Waals surface area contributed by atoms with E-state index in [-0.39, 0.29) is 24.0 Å². The number of ether oxygens (including phenoxy) is 5. The lowest BCUT2D eigenvalue weighted by Crippen LogP contribution is -2.50. The van der Waals surface area contributed by atoms with E-state index in [0.717, 1.165) is 0 Å². The van der Waals surface area contributed by atoms with Crippen molar-refractivity contribution in [3.8, 4) is 0 Å². The summed E-state index contributed by atoms with van der Waals surface area (Å²) in [5, 5.41) is 11.0. The molecule has 2 aliphatic heterocycles. The van der Waals surface area contributed by atoms with Gasteiger partial charge in [-0.15, -0.1) is 0 Å². The summed E-state index contributed by atoms with van der Waals surface area (Å²) in [5.41, 5.74) is -1.09. The molecule has 2 heterocycles. The normalized spacial score (nSPS) is 35.1. The Morgan fingerprint density at radius 1 is 1.28 bits per heavy atom. The molecular formula is C26H34O10. The highest BCUT2D eigenvalue weighted by Crippen LogP contribution is 2.42. The van der Waals surface area contributed by atoms with Crippen LogP contribution in [0.5, 0.6) is 0 Å². The highest BCUT2D eigenvalue weighted by atomic mass is 16.7. The number of fused-ring (bicyclic) bond motifs is 1. The first-order valence-electron chi connectivity index (χ1n) is 12.0. The van der Waals surface area contributed by atoms with E-state index in [0.29, 0.717) is 12.0 Å². The summed E-state index contributed by atoms with van der Waals surface area (Å²) in [4.78, 5) is 51.6. The molecule has 8 atom stereocenters. The highest BCUT2D eigenvalue weighted by molar-refractivity contribution is 5.93. The third-order valence-corrected chi connectivity index (χ3v) is 7.25. The molecule has 36 heavy (non-hydrogen) atoms. The zero-order chi connectivity index (χ0) is 26.9. The van der Waals surface area contributed by atoms with Crippen molar-refractivity contribution in [2.45, 2.75) is 83.1 Å². The average Bonchev–Trinajstić information content (AvgIpc) is 3.37. The first kappa shape index (κ1) is 27.6. The van der Waals surface area contributed by atoms with Gasteiger partial charge in [0.2, 0.25) is 0 Å². The van der Waals surface area contributed by atoms with Gasteiger partial charge >= 0.3 is 23.9 Å². The number of carbonyl (C=O) groups is 4. The Kier molecular flexibility index (Phi) is 8.10. The maximum Gasteiger partial charge on any atom is 0.341 e. The second kappa shape index (κ2) is 10.6. The standard InChI is InChI=1S/C26H34O10/c1-8-12(2)22(28)33-19-16(24(30)32-7)11-9-10-13(3)18(27)20-17(14(4)23(29)34-20)21(19)35-25(31)26(6)15(5)36-26/h11-12,15,17-21,27H,3-4,8-10H2,1-2,5-7H3. The quantitative estimate of drug-likeness (QED) is 0.187. The van der Waals surface area contributed by atoms with Crippen molar-refractivity contribution in [1.29, 1.82) is 0 Å². The Labute approximate surface area is 210 Å². The number of aliphatic hydroxyl groups excluding tert-OH is 1. The minimum Gasteiger partial charge on any atom is -0.466 e. The third-order valence-electron chi connectivity index (χ3n) is 7.25. The van der Waals surface area contributed by atoms with Crippen LogP contribution in [0.3, 0.4) is 0 Å². The summed E-state index contributed by atoms with van der Waals surface area (Å²) in [5.74, 6) is -4.74. The van der Waals surface area contributed by atoms with Gasteiger partial charge in [-0.25, -0.2) is 14.4 Å². The summed E-state index contributed by atoms with van der Waals surface area (Å²) in [6, 6.07) is 0. The van der Waals surface area contributed by atoms with Crippen molar-refractivity contribution in [3.63, 3.8) is 0 Å². The molecule has 1 aliphatic carbocycles. The molecule has 0 spiro atoms. The zero-order valence-electron chi connectivity index (χ0n) is 21.3. The fraction of sp³-hybridized carbons (Fsp3) is 0.615. The SMILES string of the molecule is C=C1CCC=C(C(=O)OC)C(OC(=O)C(C)CC)C(OC(=O)C2(C)OC2C)C2C(=C)C(=O)OC2C1O. The molecule has 10 nitrogen and oxygen atoms in total. The van der Waals surface area contributed by atoms with Gasteiger partial charge in [0.1, 0.15) is 12.2 Å². The van der Waals surface area contributed by atoms with Crippen molar-refractivity contribution in [3.05, 3.63) is 36.0 Å². The predicted octanol–water partition coefficient (Wildman–Crippen LogP) is 1.94. The molecule has 0 radical (unpaired) electrons. The molecule has 1 N–H and O–H groups in total. The number of esters is 4. The van der Waals surface area contributed by atoms with Gasteiger partial charge in [-0.2, -0.15) is 0 Å². The van der Waals surface area contributed by atoms with Crippen molar-refractivity contribution in [2.24, 2.45) is 11.8 Å². The van der Waals surface area contributed by atoms with Crippen LogP contribution in [0, 0.1) is 11.8 Å². The van der Waals surface area contributed by atoms with E-state index in [4.69, 9.17) is 23.7 Å². The van der Waals surface area contributed by atoms with Gasteiger partial charge in [0.15, 0.2) is 17.8 Å². The smallest absolute Gasteiger partial charge is 0.341 e. The lowest BCUT2D eigenvalue weighted by Gasteiger charge is -2.36. The fourth-order valence-corrected chi connectivity index (χ4v) is 4.31. The van der Waals surface area contributed by atoms with Crippen molar-refractivity contribution >= 4 is 23.9 Å². The van der Waals surface area contributed by atoms with Crippen LogP contribution in [0.2, 0.25) is 0 Å². The second-order valence-electron chi connectivity index (χ2n) is 9.62. The largest absolute Gasteiger partial charge is 0.466 e. The maximum absolute atomic E-state index is 13.2. The molecule has 198 valence electrons. The first-order chi connectivity index (χ1) is 16.9. The summed E-state index contributed by atoms with van der Waals surface area (Å²) in [6.07, 6.45) is -3.50. The Bertz CT molecular complexity index is 997. The molecule has 8 unspecified atom stereocenters. The van der Waals surface area contributed by atoms with Gasteiger partial charge in [0.25, 0.3) is 0 Å². The van der Waals surface area contributed by atoms with Gasteiger partial charge in [-0.3, -0.25) is 4.79 Å². The van der Waals surface area contributed by atoms with E-state index in [1.807, 2.05) is 0 Å². The molecule has 0 amide bonds. The minimum absolute atomic E-state index is 0.0723. The van der Waals surface area contributed by atoms with Crippen LogP contribution >= 0.6 is 0 Å². The number of epoxide rings is 1. The topological polar surface area (TPSA) is 138 Å². The van der Waals surface area contributed by atoms with Crippen molar-refractivity contribution in [2.75, 3.05) is 7.11 Å².